The van der Waals surface area contributed by atoms with Crippen LogP contribution in [0.15, 0.2) is 5.16 Å². The standard InChI is InChI=1S/C12H19NO4S/c1-16-13-11-8-3-7-4-9(6-8)12(10(11)5-7)17-18(2,14)15/h7-10,12H,3-6H2,1-2H3/b13-11+/t7?,8?,9?,10?,12-/m1/s1. The molecule has 4 unspecified atom stereocenters. The van der Waals surface area contributed by atoms with Crippen molar-refractivity contribution in [2.45, 2.75) is 31.8 Å². The van der Waals surface area contributed by atoms with Crippen LogP contribution in [-0.4, -0.2) is 33.6 Å². The van der Waals surface area contributed by atoms with Crippen LogP contribution >= 0.6 is 0 Å². The average Bonchev–Trinajstić information content (AvgIpc) is 2.26. The number of oxime groups is 1. The van der Waals surface area contributed by atoms with Crippen molar-refractivity contribution in [1.82, 2.24) is 0 Å². The molecule has 102 valence electrons. The molecule has 5 atom stereocenters. The van der Waals surface area contributed by atoms with E-state index >= 15 is 0 Å². The SMILES string of the molecule is CO/N=C1\C2CC3CC(C2)[C@@H](OS(C)(=O)=O)C1C3. The molecule has 6 heteroatoms. The molecule has 0 saturated heterocycles. The van der Waals surface area contributed by atoms with Gasteiger partial charge in [0, 0.05) is 11.8 Å². The van der Waals surface area contributed by atoms with Gasteiger partial charge in [-0.15, -0.1) is 0 Å². The van der Waals surface area contributed by atoms with E-state index in [0.29, 0.717) is 17.8 Å². The Hall–Kier alpha value is -0.620. The van der Waals surface area contributed by atoms with Crippen LogP contribution in [0.5, 0.6) is 0 Å². The second-order valence-corrected chi connectivity index (χ2v) is 7.44. The zero-order chi connectivity index (χ0) is 12.9. The fourth-order valence-electron chi connectivity index (χ4n) is 4.20. The van der Waals surface area contributed by atoms with Gasteiger partial charge in [0.05, 0.1) is 18.1 Å². The van der Waals surface area contributed by atoms with Crippen LogP contribution in [0, 0.1) is 23.7 Å². The molecule has 0 aromatic heterocycles. The molecule has 18 heavy (non-hydrogen) atoms. The quantitative estimate of drug-likeness (QED) is 0.576. The highest BCUT2D eigenvalue weighted by molar-refractivity contribution is 7.86. The van der Waals surface area contributed by atoms with Gasteiger partial charge in [0.2, 0.25) is 0 Å². The zero-order valence-corrected chi connectivity index (χ0v) is 11.5. The van der Waals surface area contributed by atoms with E-state index in [1.165, 1.54) is 6.42 Å². The molecule has 5 nitrogen and oxygen atoms in total. The van der Waals surface area contributed by atoms with E-state index < -0.39 is 10.1 Å². The average molecular weight is 273 g/mol. The number of hydrogen-bond acceptors (Lipinski definition) is 5. The summed E-state index contributed by atoms with van der Waals surface area (Å²) in [4.78, 5) is 4.93. The maximum atomic E-state index is 11.4. The molecule has 0 radical (unpaired) electrons. The van der Waals surface area contributed by atoms with E-state index in [1.54, 1.807) is 7.11 Å². The smallest absolute Gasteiger partial charge is 0.264 e. The monoisotopic (exact) mass is 273 g/mol. The van der Waals surface area contributed by atoms with Gasteiger partial charge in [-0.25, -0.2) is 0 Å². The predicted molar refractivity (Wildman–Crippen MR) is 66.6 cm³/mol. The van der Waals surface area contributed by atoms with Crippen molar-refractivity contribution in [2.75, 3.05) is 13.4 Å². The maximum Gasteiger partial charge on any atom is 0.264 e. The number of hydrogen-bond donors (Lipinski definition) is 0. The highest BCUT2D eigenvalue weighted by atomic mass is 32.2. The first-order valence-electron chi connectivity index (χ1n) is 6.47. The second kappa shape index (κ2) is 4.20. The van der Waals surface area contributed by atoms with Crippen LogP contribution < -0.4 is 0 Å². The number of rotatable bonds is 3. The molecule has 4 rings (SSSR count). The van der Waals surface area contributed by atoms with Crippen molar-refractivity contribution in [1.29, 1.82) is 0 Å². The molecule has 0 amide bonds. The largest absolute Gasteiger partial charge is 0.399 e. The summed E-state index contributed by atoms with van der Waals surface area (Å²) in [7, 11) is -1.86. The summed E-state index contributed by atoms with van der Waals surface area (Å²) in [5.74, 6) is 1.70. The van der Waals surface area contributed by atoms with Crippen LogP contribution in [0.3, 0.4) is 0 Å². The van der Waals surface area contributed by atoms with Crippen molar-refractivity contribution in [3.05, 3.63) is 0 Å². The first-order valence-corrected chi connectivity index (χ1v) is 8.28. The lowest BCUT2D eigenvalue weighted by Crippen LogP contribution is -2.55. The third kappa shape index (κ3) is 2.05. The van der Waals surface area contributed by atoms with Gasteiger partial charge < -0.3 is 4.84 Å². The van der Waals surface area contributed by atoms with E-state index in [0.717, 1.165) is 31.2 Å². The molecule has 4 aliphatic rings. The Morgan fingerprint density at radius 3 is 2.67 bits per heavy atom. The van der Waals surface area contributed by atoms with Gasteiger partial charge in [0.15, 0.2) is 0 Å². The Labute approximate surface area is 108 Å². The van der Waals surface area contributed by atoms with Gasteiger partial charge in [-0.3, -0.25) is 4.18 Å². The highest BCUT2D eigenvalue weighted by Gasteiger charge is 2.53. The molecular formula is C12H19NO4S. The Morgan fingerprint density at radius 1 is 1.22 bits per heavy atom. The van der Waals surface area contributed by atoms with E-state index in [2.05, 4.69) is 5.16 Å². The lowest BCUT2D eigenvalue weighted by Gasteiger charge is -2.53. The molecule has 0 heterocycles. The van der Waals surface area contributed by atoms with Crippen molar-refractivity contribution >= 4 is 15.8 Å². The number of nitrogens with zero attached hydrogens (tertiary/aromatic N) is 1. The summed E-state index contributed by atoms with van der Waals surface area (Å²) in [5.41, 5.74) is 1.03. The summed E-state index contributed by atoms with van der Waals surface area (Å²) in [5, 5.41) is 4.15. The van der Waals surface area contributed by atoms with Crippen molar-refractivity contribution in [2.24, 2.45) is 28.8 Å². The third-order valence-corrected chi connectivity index (χ3v) is 5.14. The highest BCUT2D eigenvalue weighted by Crippen LogP contribution is 2.53. The zero-order valence-electron chi connectivity index (χ0n) is 10.7. The molecule has 4 saturated carbocycles. The summed E-state index contributed by atoms with van der Waals surface area (Å²) in [6.07, 6.45) is 5.19. The first-order chi connectivity index (χ1) is 8.48. The molecule has 0 spiro atoms. The van der Waals surface area contributed by atoms with Crippen LogP contribution in [0.25, 0.3) is 0 Å². The van der Waals surface area contributed by atoms with Crippen LogP contribution in [0.4, 0.5) is 0 Å². The molecule has 4 aliphatic carbocycles. The minimum absolute atomic E-state index is 0.135. The minimum atomic E-state index is -3.40. The fraction of sp³-hybridized carbons (Fsp3) is 0.917. The summed E-state index contributed by atoms with van der Waals surface area (Å²) >= 11 is 0. The molecule has 0 N–H and O–H groups in total. The van der Waals surface area contributed by atoms with Gasteiger partial charge in [-0.2, -0.15) is 8.42 Å². The van der Waals surface area contributed by atoms with Gasteiger partial charge in [0.1, 0.15) is 7.11 Å². The van der Waals surface area contributed by atoms with E-state index in [9.17, 15) is 8.42 Å². The first kappa shape index (κ1) is 12.4. The van der Waals surface area contributed by atoms with Gasteiger partial charge in [0.25, 0.3) is 10.1 Å². The van der Waals surface area contributed by atoms with Crippen LogP contribution in [-0.2, 0) is 19.1 Å². The van der Waals surface area contributed by atoms with Gasteiger partial charge >= 0.3 is 0 Å². The molecular weight excluding hydrogens is 254 g/mol. The fourth-order valence-corrected chi connectivity index (χ4v) is 4.89. The van der Waals surface area contributed by atoms with Crippen molar-refractivity contribution in [3.8, 4) is 0 Å². The van der Waals surface area contributed by atoms with Crippen molar-refractivity contribution < 1.29 is 17.4 Å². The Balaban J connectivity index is 1.90. The minimum Gasteiger partial charge on any atom is -0.399 e. The maximum absolute atomic E-state index is 11.4. The summed E-state index contributed by atoms with van der Waals surface area (Å²) in [6, 6.07) is 0. The van der Waals surface area contributed by atoms with E-state index in [1.807, 2.05) is 0 Å². The lowest BCUT2D eigenvalue weighted by atomic mass is 9.54. The van der Waals surface area contributed by atoms with Crippen molar-refractivity contribution in [3.63, 3.8) is 0 Å². The van der Waals surface area contributed by atoms with Gasteiger partial charge in [-0.05, 0) is 37.5 Å². The topological polar surface area (TPSA) is 65.0 Å². The normalized spacial score (nSPS) is 44.6. The molecule has 4 bridgehead atoms. The third-order valence-electron chi connectivity index (χ3n) is 4.57. The Morgan fingerprint density at radius 2 is 2.00 bits per heavy atom. The molecule has 0 aromatic carbocycles. The van der Waals surface area contributed by atoms with Gasteiger partial charge in [-0.1, -0.05) is 5.16 Å². The predicted octanol–water partition coefficient (Wildman–Crippen LogP) is 1.40. The van der Waals surface area contributed by atoms with E-state index in [4.69, 9.17) is 9.02 Å². The second-order valence-electron chi connectivity index (χ2n) is 5.84. The lowest BCUT2D eigenvalue weighted by molar-refractivity contribution is -0.0156. The van der Waals surface area contributed by atoms with E-state index in [-0.39, 0.29) is 12.0 Å². The summed E-state index contributed by atoms with van der Waals surface area (Å²) in [6.45, 7) is 0. The van der Waals surface area contributed by atoms with Crippen LogP contribution in [0.2, 0.25) is 0 Å². The van der Waals surface area contributed by atoms with Crippen LogP contribution in [0.1, 0.15) is 25.7 Å². The Kier molecular flexibility index (Phi) is 2.90. The summed E-state index contributed by atoms with van der Waals surface area (Å²) < 4.78 is 28.1. The molecule has 0 aromatic rings. The molecule has 0 aliphatic heterocycles. The molecule has 4 fully saturated rings. The Bertz CT molecular complexity index is 472.